The molecule has 1 fully saturated rings. The maximum Gasteiger partial charge on any atom is 0.118 e. The van der Waals surface area contributed by atoms with Gasteiger partial charge in [0.05, 0.1) is 7.11 Å². The lowest BCUT2D eigenvalue weighted by atomic mass is 10.0. The van der Waals surface area contributed by atoms with Gasteiger partial charge >= 0.3 is 0 Å². The van der Waals surface area contributed by atoms with Gasteiger partial charge in [0.2, 0.25) is 0 Å². The van der Waals surface area contributed by atoms with Crippen LogP contribution >= 0.6 is 0 Å². The Morgan fingerprint density at radius 1 is 1.21 bits per heavy atom. The highest BCUT2D eigenvalue weighted by molar-refractivity contribution is 5.27. The monoisotopic (exact) mass is 262 g/mol. The van der Waals surface area contributed by atoms with E-state index in [0.29, 0.717) is 6.04 Å². The predicted molar refractivity (Wildman–Crippen MR) is 79.8 cm³/mol. The summed E-state index contributed by atoms with van der Waals surface area (Å²) in [5.74, 6) is 0.940. The van der Waals surface area contributed by atoms with E-state index in [1.54, 1.807) is 7.11 Å². The SMILES string of the molecule is COc1ccc(CCC(C)N2CCCNCC2)cc1. The molecule has 3 heteroatoms. The van der Waals surface area contributed by atoms with E-state index >= 15 is 0 Å². The summed E-state index contributed by atoms with van der Waals surface area (Å²) < 4.78 is 5.19. The van der Waals surface area contributed by atoms with Gasteiger partial charge in [0.25, 0.3) is 0 Å². The van der Waals surface area contributed by atoms with Gasteiger partial charge in [0, 0.05) is 19.1 Å². The second-order valence-corrected chi connectivity index (χ2v) is 5.38. The topological polar surface area (TPSA) is 24.5 Å². The fourth-order valence-corrected chi connectivity index (χ4v) is 2.66. The van der Waals surface area contributed by atoms with Gasteiger partial charge in [-0.15, -0.1) is 0 Å². The van der Waals surface area contributed by atoms with Crippen LogP contribution in [0.2, 0.25) is 0 Å². The first kappa shape index (κ1) is 14.4. The molecule has 0 amide bonds. The fraction of sp³-hybridized carbons (Fsp3) is 0.625. The third kappa shape index (κ3) is 4.51. The van der Waals surface area contributed by atoms with E-state index in [1.807, 2.05) is 0 Å². The summed E-state index contributed by atoms with van der Waals surface area (Å²) in [5, 5.41) is 3.46. The van der Waals surface area contributed by atoms with E-state index in [2.05, 4.69) is 41.4 Å². The van der Waals surface area contributed by atoms with E-state index in [9.17, 15) is 0 Å². The highest BCUT2D eigenvalue weighted by Crippen LogP contribution is 2.15. The molecule has 3 nitrogen and oxygen atoms in total. The van der Waals surface area contributed by atoms with Crippen LogP contribution in [-0.4, -0.2) is 44.2 Å². The van der Waals surface area contributed by atoms with Gasteiger partial charge in [0.1, 0.15) is 5.75 Å². The number of ether oxygens (including phenoxy) is 1. The molecule has 0 radical (unpaired) electrons. The molecule has 1 heterocycles. The molecule has 0 saturated carbocycles. The minimum Gasteiger partial charge on any atom is -0.497 e. The smallest absolute Gasteiger partial charge is 0.118 e. The standard InChI is InChI=1S/C16H26N2O/c1-14(18-12-3-10-17-11-13-18)4-5-15-6-8-16(19-2)9-7-15/h6-9,14,17H,3-5,10-13H2,1-2H3. The molecule has 106 valence electrons. The molecular formula is C16H26N2O. The highest BCUT2D eigenvalue weighted by Gasteiger charge is 2.15. The normalized spacial score (nSPS) is 18.8. The van der Waals surface area contributed by atoms with Crippen LogP contribution in [-0.2, 0) is 6.42 Å². The molecule has 1 saturated heterocycles. The average Bonchev–Trinajstić information content (AvgIpc) is 2.74. The lowest BCUT2D eigenvalue weighted by Gasteiger charge is -2.27. The Labute approximate surface area is 116 Å². The van der Waals surface area contributed by atoms with Crippen LogP contribution in [0, 0.1) is 0 Å². The van der Waals surface area contributed by atoms with Crippen molar-refractivity contribution in [1.29, 1.82) is 0 Å². The molecule has 19 heavy (non-hydrogen) atoms. The summed E-state index contributed by atoms with van der Waals surface area (Å²) >= 11 is 0. The van der Waals surface area contributed by atoms with Crippen molar-refractivity contribution in [3.05, 3.63) is 29.8 Å². The summed E-state index contributed by atoms with van der Waals surface area (Å²) in [6, 6.07) is 9.12. The van der Waals surface area contributed by atoms with Gasteiger partial charge in [-0.3, -0.25) is 4.90 Å². The Balaban J connectivity index is 1.79. The molecule has 1 aliphatic rings. The zero-order valence-corrected chi connectivity index (χ0v) is 12.2. The van der Waals surface area contributed by atoms with Crippen molar-refractivity contribution >= 4 is 0 Å². The minimum absolute atomic E-state index is 0.669. The predicted octanol–water partition coefficient (Wildman–Crippen LogP) is 2.31. The van der Waals surface area contributed by atoms with Gasteiger partial charge < -0.3 is 10.1 Å². The summed E-state index contributed by atoms with van der Waals surface area (Å²) in [5.41, 5.74) is 1.40. The maximum atomic E-state index is 5.19. The van der Waals surface area contributed by atoms with Crippen LogP contribution in [0.3, 0.4) is 0 Å². The molecule has 1 unspecified atom stereocenters. The second-order valence-electron chi connectivity index (χ2n) is 5.38. The Morgan fingerprint density at radius 2 is 2.00 bits per heavy atom. The molecule has 1 N–H and O–H groups in total. The molecular weight excluding hydrogens is 236 g/mol. The third-order valence-corrected chi connectivity index (χ3v) is 4.01. The summed E-state index contributed by atoms with van der Waals surface area (Å²) in [6.45, 7) is 7.07. The third-order valence-electron chi connectivity index (χ3n) is 4.01. The summed E-state index contributed by atoms with van der Waals surface area (Å²) in [6.07, 6.45) is 3.65. The van der Waals surface area contributed by atoms with Crippen LogP contribution in [0.4, 0.5) is 0 Å². The van der Waals surface area contributed by atoms with Crippen molar-refractivity contribution in [2.45, 2.75) is 32.2 Å². The van der Waals surface area contributed by atoms with E-state index in [4.69, 9.17) is 4.74 Å². The van der Waals surface area contributed by atoms with Gasteiger partial charge in [-0.25, -0.2) is 0 Å². The number of methoxy groups -OCH3 is 1. The van der Waals surface area contributed by atoms with E-state index in [0.717, 1.165) is 18.7 Å². The number of rotatable bonds is 5. The van der Waals surface area contributed by atoms with Crippen LogP contribution < -0.4 is 10.1 Å². The van der Waals surface area contributed by atoms with Crippen molar-refractivity contribution in [3.63, 3.8) is 0 Å². The van der Waals surface area contributed by atoms with Crippen LogP contribution in [0.1, 0.15) is 25.3 Å². The summed E-state index contributed by atoms with van der Waals surface area (Å²) in [4.78, 5) is 2.61. The first-order valence-electron chi connectivity index (χ1n) is 7.37. The van der Waals surface area contributed by atoms with Crippen molar-refractivity contribution < 1.29 is 4.74 Å². The summed E-state index contributed by atoms with van der Waals surface area (Å²) in [7, 11) is 1.71. The number of hydrogen-bond acceptors (Lipinski definition) is 3. The number of benzene rings is 1. The molecule has 1 aromatic carbocycles. The Hall–Kier alpha value is -1.06. The molecule has 2 rings (SSSR count). The Kier molecular flexibility index (Phi) is 5.67. The highest BCUT2D eigenvalue weighted by atomic mass is 16.5. The second kappa shape index (κ2) is 7.51. The maximum absolute atomic E-state index is 5.19. The number of aryl methyl sites for hydroxylation is 1. The lowest BCUT2D eigenvalue weighted by molar-refractivity contribution is 0.213. The molecule has 0 spiro atoms. The Morgan fingerprint density at radius 3 is 2.74 bits per heavy atom. The van der Waals surface area contributed by atoms with Gasteiger partial charge in [0.15, 0.2) is 0 Å². The van der Waals surface area contributed by atoms with E-state index in [-0.39, 0.29) is 0 Å². The van der Waals surface area contributed by atoms with Crippen molar-refractivity contribution in [3.8, 4) is 5.75 Å². The first-order valence-corrected chi connectivity index (χ1v) is 7.37. The quantitative estimate of drug-likeness (QED) is 0.881. The molecule has 0 aliphatic carbocycles. The van der Waals surface area contributed by atoms with Crippen LogP contribution in [0.5, 0.6) is 5.75 Å². The zero-order valence-electron chi connectivity index (χ0n) is 12.2. The molecule has 1 atom stereocenters. The first-order chi connectivity index (χ1) is 9.29. The minimum atomic E-state index is 0.669. The lowest BCUT2D eigenvalue weighted by Crippen LogP contribution is -2.36. The van der Waals surface area contributed by atoms with Gasteiger partial charge in [-0.1, -0.05) is 12.1 Å². The molecule has 0 bridgehead atoms. The average molecular weight is 262 g/mol. The van der Waals surface area contributed by atoms with Crippen LogP contribution in [0.15, 0.2) is 24.3 Å². The van der Waals surface area contributed by atoms with Crippen LogP contribution in [0.25, 0.3) is 0 Å². The van der Waals surface area contributed by atoms with Crippen molar-refractivity contribution in [2.24, 2.45) is 0 Å². The molecule has 1 aliphatic heterocycles. The van der Waals surface area contributed by atoms with Gasteiger partial charge in [-0.05, 0) is 57.0 Å². The van der Waals surface area contributed by atoms with Gasteiger partial charge in [-0.2, -0.15) is 0 Å². The zero-order chi connectivity index (χ0) is 13.5. The Bertz CT molecular complexity index is 356. The number of nitrogens with one attached hydrogen (secondary N) is 1. The van der Waals surface area contributed by atoms with Crippen molar-refractivity contribution in [1.82, 2.24) is 10.2 Å². The van der Waals surface area contributed by atoms with E-state index < -0.39 is 0 Å². The number of nitrogens with zero attached hydrogens (tertiary/aromatic N) is 1. The molecule has 1 aromatic rings. The van der Waals surface area contributed by atoms with Crippen molar-refractivity contribution in [2.75, 3.05) is 33.3 Å². The number of hydrogen-bond donors (Lipinski definition) is 1. The fourth-order valence-electron chi connectivity index (χ4n) is 2.66. The van der Waals surface area contributed by atoms with E-state index in [1.165, 1.54) is 38.0 Å². The molecule has 0 aromatic heterocycles. The largest absolute Gasteiger partial charge is 0.497 e.